The van der Waals surface area contributed by atoms with Gasteiger partial charge >= 0.3 is 0 Å². The molecule has 0 bridgehead atoms. The molecule has 0 fully saturated rings. The van der Waals surface area contributed by atoms with Crippen molar-refractivity contribution in [2.75, 3.05) is 11.5 Å². The lowest BCUT2D eigenvalue weighted by atomic mass is 10.2. The van der Waals surface area contributed by atoms with E-state index in [0.29, 0.717) is 29.5 Å². The van der Waals surface area contributed by atoms with Gasteiger partial charge in [0.1, 0.15) is 11.6 Å². The smallest absolute Gasteiger partial charge is 0.267 e. The maximum absolute atomic E-state index is 13.3. The van der Waals surface area contributed by atoms with Gasteiger partial charge in [0.05, 0.1) is 24.7 Å². The fourth-order valence-corrected chi connectivity index (χ4v) is 4.04. The quantitative estimate of drug-likeness (QED) is 0.344. The first-order chi connectivity index (χ1) is 16.1. The van der Waals surface area contributed by atoms with Gasteiger partial charge in [0, 0.05) is 10.9 Å². The number of benzene rings is 3. The average molecular weight is 458 g/mol. The summed E-state index contributed by atoms with van der Waals surface area (Å²) in [5.41, 5.74) is 3.30. The Morgan fingerprint density at radius 2 is 1.73 bits per heavy atom. The van der Waals surface area contributed by atoms with Crippen molar-refractivity contribution in [3.05, 3.63) is 101 Å². The Kier molecular flexibility index (Phi) is 7.08. The van der Waals surface area contributed by atoms with Crippen molar-refractivity contribution in [2.24, 2.45) is 0 Å². The maximum atomic E-state index is 13.3. The lowest BCUT2D eigenvalue weighted by Crippen LogP contribution is -2.34. The molecular weight excluding hydrogens is 437 g/mol. The monoisotopic (exact) mass is 457 g/mol. The predicted molar refractivity (Wildman–Crippen MR) is 126 cm³/mol. The minimum absolute atomic E-state index is 0.157. The zero-order valence-corrected chi connectivity index (χ0v) is 18.5. The Morgan fingerprint density at radius 3 is 2.42 bits per heavy atom. The summed E-state index contributed by atoms with van der Waals surface area (Å²) < 4.78 is 19.0. The lowest BCUT2D eigenvalue weighted by Gasteiger charge is -2.20. The van der Waals surface area contributed by atoms with Gasteiger partial charge in [-0.25, -0.2) is 9.37 Å². The standard InChI is InChI=1S/C26H20FN3O2S/c27-22-10-8-21(9-11-22)24-18-33-26(29-24)30(16-20-4-2-1-3-5-20)25(31)17-32-23-12-6-19(7-13-23)14-15-28/h1-13,18H,14,16-17H2. The number of aromatic nitrogens is 1. The van der Waals surface area contributed by atoms with Gasteiger partial charge in [-0.15, -0.1) is 11.3 Å². The molecule has 5 nitrogen and oxygen atoms in total. The van der Waals surface area contributed by atoms with Crippen LogP contribution < -0.4 is 9.64 Å². The van der Waals surface area contributed by atoms with Gasteiger partial charge in [-0.05, 0) is 47.5 Å². The van der Waals surface area contributed by atoms with Gasteiger partial charge in [-0.1, -0.05) is 42.5 Å². The summed E-state index contributed by atoms with van der Waals surface area (Å²) in [7, 11) is 0. The molecule has 0 spiro atoms. The van der Waals surface area contributed by atoms with Crippen molar-refractivity contribution in [1.29, 1.82) is 5.26 Å². The molecule has 0 aliphatic rings. The molecule has 0 atom stereocenters. The van der Waals surface area contributed by atoms with Crippen LogP contribution >= 0.6 is 11.3 Å². The lowest BCUT2D eigenvalue weighted by molar-refractivity contribution is -0.120. The number of rotatable bonds is 8. The molecule has 0 saturated carbocycles. The fraction of sp³-hybridized carbons (Fsp3) is 0.115. The third-order valence-electron chi connectivity index (χ3n) is 4.92. The van der Waals surface area contributed by atoms with Gasteiger partial charge in [-0.3, -0.25) is 9.69 Å². The van der Waals surface area contributed by atoms with Crippen molar-refractivity contribution in [2.45, 2.75) is 13.0 Å². The number of hydrogen-bond acceptors (Lipinski definition) is 5. The Balaban J connectivity index is 1.52. The summed E-state index contributed by atoms with van der Waals surface area (Å²) in [5.74, 6) is 0.00342. The number of thiazole rings is 1. The first-order valence-electron chi connectivity index (χ1n) is 10.3. The van der Waals surface area contributed by atoms with E-state index in [-0.39, 0.29) is 18.3 Å². The van der Waals surface area contributed by atoms with E-state index in [1.165, 1.54) is 23.5 Å². The van der Waals surface area contributed by atoms with Crippen LogP contribution in [0.25, 0.3) is 11.3 Å². The first kappa shape index (κ1) is 22.2. The topological polar surface area (TPSA) is 66.2 Å². The third-order valence-corrected chi connectivity index (χ3v) is 5.78. The molecule has 3 aromatic carbocycles. The highest BCUT2D eigenvalue weighted by Gasteiger charge is 2.21. The molecule has 1 amide bonds. The predicted octanol–water partition coefficient (Wildman–Crippen LogP) is 5.63. The minimum atomic E-state index is -0.312. The highest BCUT2D eigenvalue weighted by atomic mass is 32.1. The van der Waals surface area contributed by atoms with Crippen molar-refractivity contribution < 1.29 is 13.9 Å². The SMILES string of the molecule is N#CCc1ccc(OCC(=O)N(Cc2ccccc2)c2nc(-c3ccc(F)cc3)cs2)cc1. The van der Waals surface area contributed by atoms with Gasteiger partial charge in [0.2, 0.25) is 0 Å². The van der Waals surface area contributed by atoms with Crippen LogP contribution in [-0.4, -0.2) is 17.5 Å². The van der Waals surface area contributed by atoms with E-state index in [4.69, 9.17) is 10.00 Å². The van der Waals surface area contributed by atoms with Crippen LogP contribution in [0.5, 0.6) is 5.75 Å². The summed E-state index contributed by atoms with van der Waals surface area (Å²) in [6.07, 6.45) is 0.324. The molecule has 4 rings (SSSR count). The van der Waals surface area contributed by atoms with E-state index in [1.54, 1.807) is 41.3 Å². The molecule has 0 aliphatic carbocycles. The largest absolute Gasteiger partial charge is 0.484 e. The van der Waals surface area contributed by atoms with Crippen LogP contribution in [0.3, 0.4) is 0 Å². The fourth-order valence-electron chi connectivity index (χ4n) is 3.19. The van der Waals surface area contributed by atoms with E-state index in [0.717, 1.165) is 16.7 Å². The van der Waals surface area contributed by atoms with Crippen molar-refractivity contribution in [3.63, 3.8) is 0 Å². The molecule has 0 radical (unpaired) electrons. The van der Waals surface area contributed by atoms with E-state index in [1.807, 2.05) is 35.7 Å². The Morgan fingerprint density at radius 1 is 1.00 bits per heavy atom. The molecule has 164 valence electrons. The highest BCUT2D eigenvalue weighted by molar-refractivity contribution is 7.14. The highest BCUT2D eigenvalue weighted by Crippen LogP contribution is 2.29. The number of nitriles is 1. The second-order valence-electron chi connectivity index (χ2n) is 7.26. The molecule has 0 N–H and O–H groups in total. The van der Waals surface area contributed by atoms with E-state index in [9.17, 15) is 9.18 Å². The van der Waals surface area contributed by atoms with Gasteiger partial charge in [0.15, 0.2) is 11.7 Å². The van der Waals surface area contributed by atoms with E-state index < -0.39 is 0 Å². The maximum Gasteiger partial charge on any atom is 0.267 e. The second-order valence-corrected chi connectivity index (χ2v) is 8.09. The first-order valence-corrected chi connectivity index (χ1v) is 11.1. The van der Waals surface area contributed by atoms with E-state index in [2.05, 4.69) is 11.1 Å². The summed E-state index contributed by atoms with van der Waals surface area (Å²) >= 11 is 1.35. The number of carbonyl (C=O) groups excluding carboxylic acids is 1. The van der Waals surface area contributed by atoms with Crippen molar-refractivity contribution in [1.82, 2.24) is 4.98 Å². The summed E-state index contributed by atoms with van der Waals surface area (Å²) in [6.45, 7) is 0.191. The number of anilines is 1. The summed E-state index contributed by atoms with van der Waals surface area (Å²) in [6, 6.07) is 25.0. The van der Waals surface area contributed by atoms with Gasteiger partial charge in [-0.2, -0.15) is 5.26 Å². The number of amides is 1. The van der Waals surface area contributed by atoms with Crippen LogP contribution in [-0.2, 0) is 17.8 Å². The Labute approximate surface area is 195 Å². The Bertz CT molecular complexity index is 1250. The molecule has 33 heavy (non-hydrogen) atoms. The Hall–Kier alpha value is -4.02. The van der Waals surface area contributed by atoms with Crippen LogP contribution in [0.4, 0.5) is 9.52 Å². The molecule has 7 heteroatoms. The van der Waals surface area contributed by atoms with Crippen LogP contribution in [0.1, 0.15) is 11.1 Å². The van der Waals surface area contributed by atoms with E-state index >= 15 is 0 Å². The zero-order chi connectivity index (χ0) is 23.0. The molecular formula is C26H20FN3O2S. The molecule has 0 aliphatic heterocycles. The second kappa shape index (κ2) is 10.5. The van der Waals surface area contributed by atoms with Crippen molar-refractivity contribution >= 4 is 22.4 Å². The normalized spacial score (nSPS) is 10.4. The third kappa shape index (κ3) is 5.82. The number of carbonyl (C=O) groups is 1. The molecule has 0 unspecified atom stereocenters. The minimum Gasteiger partial charge on any atom is -0.484 e. The average Bonchev–Trinajstić information content (AvgIpc) is 3.33. The van der Waals surface area contributed by atoms with Gasteiger partial charge < -0.3 is 4.74 Å². The number of ether oxygens (including phenoxy) is 1. The summed E-state index contributed by atoms with van der Waals surface area (Å²) in [5, 5.41) is 11.2. The molecule has 1 heterocycles. The van der Waals surface area contributed by atoms with Crippen LogP contribution in [0, 0.1) is 17.1 Å². The zero-order valence-electron chi connectivity index (χ0n) is 17.6. The van der Waals surface area contributed by atoms with Crippen molar-refractivity contribution in [3.8, 4) is 23.1 Å². The molecule has 0 saturated heterocycles. The summed E-state index contributed by atoms with van der Waals surface area (Å²) in [4.78, 5) is 19.4. The number of halogens is 1. The van der Waals surface area contributed by atoms with Crippen LogP contribution in [0.2, 0.25) is 0 Å². The molecule has 4 aromatic rings. The van der Waals surface area contributed by atoms with Crippen LogP contribution in [0.15, 0.2) is 84.2 Å². The number of hydrogen-bond donors (Lipinski definition) is 0. The molecule has 1 aromatic heterocycles. The number of nitrogens with zero attached hydrogens (tertiary/aromatic N) is 3. The van der Waals surface area contributed by atoms with Gasteiger partial charge in [0.25, 0.3) is 5.91 Å².